The predicted molar refractivity (Wildman–Crippen MR) is 95.1 cm³/mol. The van der Waals surface area contributed by atoms with Crippen molar-refractivity contribution in [2.24, 2.45) is 0 Å². The molecule has 1 amide bonds. The van der Waals surface area contributed by atoms with Crippen molar-refractivity contribution in [2.45, 2.75) is 50.2 Å². The topological polar surface area (TPSA) is 32.3 Å². The van der Waals surface area contributed by atoms with Gasteiger partial charge in [-0.2, -0.15) is 0 Å². The van der Waals surface area contributed by atoms with Gasteiger partial charge in [0.1, 0.15) is 0 Å². The molecule has 22 heavy (non-hydrogen) atoms. The van der Waals surface area contributed by atoms with Crippen LogP contribution in [0.2, 0.25) is 0 Å². The fourth-order valence-electron chi connectivity index (χ4n) is 2.93. The molecular formula is C18H28N2OS. The van der Waals surface area contributed by atoms with Gasteiger partial charge in [0.15, 0.2) is 0 Å². The van der Waals surface area contributed by atoms with Gasteiger partial charge in [-0.1, -0.05) is 37.3 Å². The number of amides is 1. The maximum atomic E-state index is 12.8. The summed E-state index contributed by atoms with van der Waals surface area (Å²) in [6.07, 6.45) is 3.20. The van der Waals surface area contributed by atoms with Gasteiger partial charge in [0.25, 0.3) is 0 Å². The highest BCUT2D eigenvalue weighted by atomic mass is 32.2. The number of rotatable bonds is 7. The van der Waals surface area contributed by atoms with Gasteiger partial charge in [-0.05, 0) is 44.8 Å². The van der Waals surface area contributed by atoms with Gasteiger partial charge in [0, 0.05) is 18.3 Å². The Morgan fingerprint density at radius 3 is 2.64 bits per heavy atom. The summed E-state index contributed by atoms with van der Waals surface area (Å²) in [7, 11) is 0. The van der Waals surface area contributed by atoms with Gasteiger partial charge in [0.2, 0.25) is 5.91 Å². The first-order chi connectivity index (χ1) is 10.7. The Bertz CT molecular complexity index is 446. The van der Waals surface area contributed by atoms with E-state index in [1.165, 1.54) is 5.56 Å². The minimum Gasteiger partial charge on any atom is -0.339 e. The van der Waals surface area contributed by atoms with Crippen LogP contribution in [0.25, 0.3) is 0 Å². The largest absolute Gasteiger partial charge is 0.339 e. The fourth-order valence-corrected chi connectivity index (χ4v) is 3.85. The summed E-state index contributed by atoms with van der Waals surface area (Å²) >= 11 is 1.75. The van der Waals surface area contributed by atoms with E-state index in [2.05, 4.69) is 48.3 Å². The summed E-state index contributed by atoms with van der Waals surface area (Å²) in [5.74, 6) is 1.22. The van der Waals surface area contributed by atoms with Gasteiger partial charge in [-0.25, -0.2) is 0 Å². The normalized spacial score (nSPS) is 17.2. The average molecular weight is 321 g/mol. The first-order valence-electron chi connectivity index (χ1n) is 8.39. The highest BCUT2D eigenvalue weighted by Gasteiger charge is 2.27. The van der Waals surface area contributed by atoms with Crippen LogP contribution in [0.3, 0.4) is 0 Å². The summed E-state index contributed by atoms with van der Waals surface area (Å²) in [5.41, 5.74) is 1.29. The second-order valence-corrected chi connectivity index (χ2v) is 7.28. The average Bonchev–Trinajstić information content (AvgIpc) is 2.58. The highest BCUT2D eigenvalue weighted by molar-refractivity contribution is 7.99. The Hall–Kier alpha value is -1.00. The highest BCUT2D eigenvalue weighted by Crippen LogP contribution is 2.22. The van der Waals surface area contributed by atoms with E-state index in [0.29, 0.717) is 11.9 Å². The zero-order valence-electron chi connectivity index (χ0n) is 13.8. The van der Waals surface area contributed by atoms with Gasteiger partial charge in [-0.15, -0.1) is 11.8 Å². The summed E-state index contributed by atoms with van der Waals surface area (Å²) in [6.45, 7) is 7.16. The Balaban J connectivity index is 1.90. The minimum absolute atomic E-state index is 0.0293. The van der Waals surface area contributed by atoms with E-state index >= 15 is 0 Å². The third kappa shape index (κ3) is 5.03. The quantitative estimate of drug-likeness (QED) is 0.836. The lowest BCUT2D eigenvalue weighted by atomic mass is 10.0. The number of carbonyl (C=O) groups is 1. The minimum atomic E-state index is 0.0293. The molecule has 1 aliphatic heterocycles. The smallest absolute Gasteiger partial charge is 0.235 e. The predicted octanol–water partition coefficient (Wildman–Crippen LogP) is 3.30. The van der Waals surface area contributed by atoms with E-state index in [1.54, 1.807) is 11.8 Å². The third-order valence-electron chi connectivity index (χ3n) is 4.19. The van der Waals surface area contributed by atoms with E-state index in [9.17, 15) is 4.79 Å². The number of piperidine rings is 1. The Labute approximate surface area is 138 Å². The molecule has 2 rings (SSSR count). The molecule has 0 aromatic heterocycles. The number of nitrogens with zero attached hydrogens (tertiary/aromatic N) is 1. The van der Waals surface area contributed by atoms with Gasteiger partial charge >= 0.3 is 0 Å². The lowest BCUT2D eigenvalue weighted by Crippen LogP contribution is -2.48. The van der Waals surface area contributed by atoms with Crippen LogP contribution in [0.15, 0.2) is 30.3 Å². The van der Waals surface area contributed by atoms with Gasteiger partial charge in [-0.3, -0.25) is 4.79 Å². The van der Waals surface area contributed by atoms with Crippen molar-refractivity contribution in [2.75, 3.05) is 19.6 Å². The van der Waals surface area contributed by atoms with Crippen molar-refractivity contribution in [1.29, 1.82) is 0 Å². The molecule has 1 N–H and O–H groups in total. The van der Waals surface area contributed by atoms with Crippen molar-refractivity contribution >= 4 is 17.7 Å². The number of nitrogens with one attached hydrogen (secondary N) is 1. The molecule has 0 saturated carbocycles. The maximum absolute atomic E-state index is 12.8. The zero-order valence-corrected chi connectivity index (χ0v) is 14.6. The molecule has 0 radical (unpaired) electrons. The molecule has 1 unspecified atom stereocenters. The molecule has 1 aromatic carbocycles. The Kier molecular flexibility index (Phi) is 7.26. The van der Waals surface area contributed by atoms with Crippen molar-refractivity contribution < 1.29 is 4.79 Å². The molecule has 0 bridgehead atoms. The van der Waals surface area contributed by atoms with Crippen molar-refractivity contribution in [3.8, 4) is 0 Å². The van der Waals surface area contributed by atoms with Crippen LogP contribution in [0.5, 0.6) is 0 Å². The number of hydrogen-bond acceptors (Lipinski definition) is 3. The van der Waals surface area contributed by atoms with E-state index in [4.69, 9.17) is 0 Å². The van der Waals surface area contributed by atoms with E-state index in [-0.39, 0.29) is 5.25 Å². The van der Waals surface area contributed by atoms with Crippen LogP contribution < -0.4 is 5.32 Å². The van der Waals surface area contributed by atoms with Crippen molar-refractivity contribution in [3.05, 3.63) is 35.9 Å². The van der Waals surface area contributed by atoms with Crippen molar-refractivity contribution in [1.82, 2.24) is 10.2 Å². The van der Waals surface area contributed by atoms with Gasteiger partial charge in [0.05, 0.1) is 5.25 Å². The molecular weight excluding hydrogens is 292 g/mol. The zero-order chi connectivity index (χ0) is 15.8. The molecule has 122 valence electrons. The monoisotopic (exact) mass is 320 g/mol. The summed E-state index contributed by atoms with van der Waals surface area (Å²) in [4.78, 5) is 15.0. The lowest BCUT2D eigenvalue weighted by molar-refractivity contribution is -0.133. The second kappa shape index (κ2) is 9.21. The second-order valence-electron chi connectivity index (χ2n) is 5.95. The molecule has 1 aromatic rings. The Morgan fingerprint density at radius 1 is 1.32 bits per heavy atom. The number of carbonyl (C=O) groups excluding carboxylic acids is 1. The van der Waals surface area contributed by atoms with Crippen LogP contribution in [0.1, 0.15) is 38.7 Å². The summed E-state index contributed by atoms with van der Waals surface area (Å²) < 4.78 is 0. The molecule has 1 atom stereocenters. The van der Waals surface area contributed by atoms with E-state index in [1.807, 2.05) is 6.07 Å². The first-order valence-corrected chi connectivity index (χ1v) is 9.44. The lowest BCUT2D eigenvalue weighted by Gasteiger charge is -2.36. The molecule has 1 fully saturated rings. The van der Waals surface area contributed by atoms with Crippen LogP contribution in [-0.4, -0.2) is 41.7 Å². The SMILES string of the molecule is CCCN(C(=O)C(C)SCc1ccccc1)C1CCNCC1. The van der Waals surface area contributed by atoms with Gasteiger partial charge < -0.3 is 10.2 Å². The molecule has 1 saturated heterocycles. The molecule has 0 aliphatic carbocycles. The molecule has 1 aliphatic rings. The van der Waals surface area contributed by atoms with Crippen molar-refractivity contribution in [3.63, 3.8) is 0 Å². The fraction of sp³-hybridized carbons (Fsp3) is 0.611. The first kappa shape index (κ1) is 17.4. The third-order valence-corrected chi connectivity index (χ3v) is 5.39. The summed E-state index contributed by atoms with van der Waals surface area (Å²) in [6, 6.07) is 10.8. The van der Waals surface area contributed by atoms with E-state index in [0.717, 1.165) is 44.6 Å². The molecule has 1 heterocycles. The Morgan fingerprint density at radius 2 is 2.00 bits per heavy atom. The van der Waals surface area contributed by atoms with Crippen LogP contribution >= 0.6 is 11.8 Å². The van der Waals surface area contributed by atoms with Crippen LogP contribution in [0.4, 0.5) is 0 Å². The van der Waals surface area contributed by atoms with E-state index < -0.39 is 0 Å². The van der Waals surface area contributed by atoms with Crippen LogP contribution in [-0.2, 0) is 10.5 Å². The molecule has 4 heteroatoms. The summed E-state index contributed by atoms with van der Waals surface area (Å²) in [5, 5.41) is 3.41. The molecule has 0 spiro atoms. The number of thioether (sulfide) groups is 1. The maximum Gasteiger partial charge on any atom is 0.235 e. The number of hydrogen-bond donors (Lipinski definition) is 1. The van der Waals surface area contributed by atoms with Crippen LogP contribution in [0, 0.1) is 0 Å². The standard InChI is InChI=1S/C18H28N2OS/c1-3-13-20(17-9-11-19-12-10-17)18(21)15(2)22-14-16-7-5-4-6-8-16/h4-8,15,17,19H,3,9-14H2,1-2H3. The molecule has 3 nitrogen and oxygen atoms in total. The number of benzene rings is 1.